The van der Waals surface area contributed by atoms with Crippen LogP contribution in [0, 0.1) is 0 Å². The second-order valence-corrected chi connectivity index (χ2v) is 5.90. The molecule has 1 heterocycles. The third-order valence-electron chi connectivity index (χ3n) is 3.31. The third-order valence-corrected chi connectivity index (χ3v) is 3.74. The van der Waals surface area contributed by atoms with Gasteiger partial charge in [0.2, 0.25) is 0 Å². The molecular formula is C16H16Cl2N2O2. The van der Waals surface area contributed by atoms with Gasteiger partial charge in [-0.2, -0.15) is 0 Å². The van der Waals surface area contributed by atoms with Crippen LogP contribution in [0.4, 0.5) is 0 Å². The number of hydrogen-bond acceptors (Lipinski definition) is 3. The van der Waals surface area contributed by atoms with E-state index in [0.717, 1.165) is 5.56 Å². The minimum absolute atomic E-state index is 0.113. The summed E-state index contributed by atoms with van der Waals surface area (Å²) in [7, 11) is 0. The molecule has 0 spiro atoms. The first-order chi connectivity index (χ1) is 10.5. The number of amides is 1. The molecule has 116 valence electrons. The summed E-state index contributed by atoms with van der Waals surface area (Å²) in [4.78, 5) is 16.0. The fourth-order valence-electron chi connectivity index (χ4n) is 2.04. The highest BCUT2D eigenvalue weighted by atomic mass is 35.5. The minimum Gasteiger partial charge on any atom is -0.378 e. The predicted molar refractivity (Wildman–Crippen MR) is 87.1 cm³/mol. The van der Waals surface area contributed by atoms with Gasteiger partial charge in [0.05, 0.1) is 0 Å². The number of carbonyl (C=O) groups excluding carboxylic acids is 1. The van der Waals surface area contributed by atoms with Crippen molar-refractivity contribution in [1.29, 1.82) is 0 Å². The third kappa shape index (κ3) is 4.44. The Kier molecular flexibility index (Phi) is 5.77. The molecule has 0 aliphatic carbocycles. The van der Waals surface area contributed by atoms with Gasteiger partial charge >= 0.3 is 0 Å². The van der Waals surface area contributed by atoms with Crippen molar-refractivity contribution in [2.24, 2.45) is 0 Å². The summed E-state index contributed by atoms with van der Waals surface area (Å²) in [5, 5.41) is 13.6. The van der Waals surface area contributed by atoms with Gasteiger partial charge in [-0.1, -0.05) is 30.1 Å². The van der Waals surface area contributed by atoms with Crippen LogP contribution in [0.25, 0.3) is 0 Å². The summed E-state index contributed by atoms with van der Waals surface area (Å²) in [5.74, 6) is -0.374. The molecule has 0 bridgehead atoms. The van der Waals surface area contributed by atoms with Crippen molar-refractivity contribution in [2.45, 2.75) is 18.9 Å². The van der Waals surface area contributed by atoms with Gasteiger partial charge in [0.25, 0.3) is 5.91 Å². The van der Waals surface area contributed by atoms with E-state index in [9.17, 15) is 9.90 Å². The van der Waals surface area contributed by atoms with Crippen LogP contribution in [-0.4, -0.2) is 22.5 Å². The van der Waals surface area contributed by atoms with Crippen LogP contribution in [0.15, 0.2) is 42.7 Å². The standard InChI is InChI=1S/C16H16Cl2N2O2/c1-10(11-2-4-19-5-3-11)9-20-16(22)15(21)12-6-13(17)8-14(18)7-12/h2-8,10,15,21H,9H2,1H3,(H,20,22)/t10-,15-/m0/s1. The van der Waals surface area contributed by atoms with Crippen molar-refractivity contribution in [3.8, 4) is 0 Å². The van der Waals surface area contributed by atoms with Crippen LogP contribution in [0.1, 0.15) is 30.1 Å². The predicted octanol–water partition coefficient (Wildman–Crippen LogP) is 3.34. The Balaban J connectivity index is 1.97. The van der Waals surface area contributed by atoms with Gasteiger partial charge in [-0.3, -0.25) is 9.78 Å². The average molecular weight is 339 g/mol. The Morgan fingerprint density at radius 3 is 2.36 bits per heavy atom. The summed E-state index contributed by atoms with van der Waals surface area (Å²) in [5.41, 5.74) is 1.43. The molecule has 6 heteroatoms. The largest absolute Gasteiger partial charge is 0.378 e. The monoisotopic (exact) mass is 338 g/mol. The van der Waals surface area contributed by atoms with Crippen molar-refractivity contribution in [2.75, 3.05) is 6.54 Å². The van der Waals surface area contributed by atoms with Gasteiger partial charge in [0.15, 0.2) is 6.10 Å². The second-order valence-electron chi connectivity index (χ2n) is 5.03. The van der Waals surface area contributed by atoms with Crippen LogP contribution < -0.4 is 5.32 Å². The molecule has 0 saturated heterocycles. The van der Waals surface area contributed by atoms with Crippen LogP contribution >= 0.6 is 23.2 Å². The Morgan fingerprint density at radius 1 is 1.18 bits per heavy atom. The van der Waals surface area contributed by atoms with Gasteiger partial charge in [-0.15, -0.1) is 0 Å². The Hall–Kier alpha value is -1.62. The first kappa shape index (κ1) is 16.7. The van der Waals surface area contributed by atoms with Crippen LogP contribution in [0.3, 0.4) is 0 Å². The summed E-state index contributed by atoms with van der Waals surface area (Å²) in [6.45, 7) is 2.40. The SMILES string of the molecule is C[C@@H](CNC(=O)[C@@H](O)c1cc(Cl)cc(Cl)c1)c1ccncc1. The first-order valence-electron chi connectivity index (χ1n) is 6.79. The molecule has 0 unspecified atom stereocenters. The van der Waals surface area contributed by atoms with Gasteiger partial charge < -0.3 is 10.4 Å². The minimum atomic E-state index is -1.30. The Labute approximate surface area is 139 Å². The van der Waals surface area contributed by atoms with E-state index in [2.05, 4.69) is 10.3 Å². The molecule has 2 atom stereocenters. The van der Waals surface area contributed by atoms with Crippen molar-refractivity contribution < 1.29 is 9.90 Å². The number of hydrogen-bond donors (Lipinski definition) is 2. The lowest BCUT2D eigenvalue weighted by Gasteiger charge is -2.16. The molecule has 0 radical (unpaired) electrons. The zero-order valence-corrected chi connectivity index (χ0v) is 13.5. The second kappa shape index (κ2) is 7.58. The first-order valence-corrected chi connectivity index (χ1v) is 7.54. The maximum absolute atomic E-state index is 12.0. The molecule has 0 aliphatic heterocycles. The van der Waals surface area contributed by atoms with E-state index in [1.807, 2.05) is 19.1 Å². The molecule has 0 fully saturated rings. The summed E-state index contributed by atoms with van der Waals surface area (Å²) in [6.07, 6.45) is 2.10. The number of aromatic nitrogens is 1. The molecule has 0 aliphatic rings. The number of benzene rings is 1. The smallest absolute Gasteiger partial charge is 0.253 e. The number of nitrogens with zero attached hydrogens (tertiary/aromatic N) is 1. The lowest BCUT2D eigenvalue weighted by Crippen LogP contribution is -2.32. The maximum atomic E-state index is 12.0. The summed E-state index contributed by atoms with van der Waals surface area (Å²) < 4.78 is 0. The van der Waals surface area contributed by atoms with Gasteiger partial charge in [0.1, 0.15) is 0 Å². The topological polar surface area (TPSA) is 62.2 Å². The molecule has 2 aromatic rings. The van der Waals surface area contributed by atoms with E-state index in [0.29, 0.717) is 22.2 Å². The average Bonchev–Trinajstić information content (AvgIpc) is 2.51. The fourth-order valence-corrected chi connectivity index (χ4v) is 2.59. The molecule has 2 rings (SSSR count). The highest BCUT2D eigenvalue weighted by Gasteiger charge is 2.19. The molecule has 1 aromatic carbocycles. The molecular weight excluding hydrogens is 323 g/mol. The normalized spacial score (nSPS) is 13.5. The van der Waals surface area contributed by atoms with Gasteiger partial charge in [0, 0.05) is 29.0 Å². The van der Waals surface area contributed by atoms with Crippen molar-refractivity contribution in [3.05, 3.63) is 63.9 Å². The van der Waals surface area contributed by atoms with Crippen molar-refractivity contribution in [3.63, 3.8) is 0 Å². The summed E-state index contributed by atoms with van der Waals surface area (Å²) in [6, 6.07) is 8.37. The molecule has 4 nitrogen and oxygen atoms in total. The van der Waals surface area contributed by atoms with Crippen LogP contribution in [-0.2, 0) is 4.79 Å². The van der Waals surface area contributed by atoms with Crippen molar-refractivity contribution in [1.82, 2.24) is 10.3 Å². The highest BCUT2D eigenvalue weighted by molar-refractivity contribution is 6.34. The van der Waals surface area contributed by atoms with Crippen LogP contribution in [0.5, 0.6) is 0 Å². The zero-order valence-electron chi connectivity index (χ0n) is 12.0. The number of nitrogens with one attached hydrogen (secondary N) is 1. The quantitative estimate of drug-likeness (QED) is 0.878. The number of halogens is 2. The van der Waals surface area contributed by atoms with Gasteiger partial charge in [-0.05, 0) is 47.4 Å². The molecule has 2 N–H and O–H groups in total. The number of pyridine rings is 1. The molecule has 1 aromatic heterocycles. The maximum Gasteiger partial charge on any atom is 0.253 e. The number of aliphatic hydroxyl groups excluding tert-OH is 1. The molecule has 22 heavy (non-hydrogen) atoms. The highest BCUT2D eigenvalue weighted by Crippen LogP contribution is 2.24. The fraction of sp³-hybridized carbons (Fsp3) is 0.250. The Bertz CT molecular complexity index is 630. The van der Waals surface area contributed by atoms with E-state index < -0.39 is 12.0 Å². The van der Waals surface area contributed by atoms with Crippen LogP contribution in [0.2, 0.25) is 10.0 Å². The van der Waals surface area contributed by atoms with E-state index in [-0.39, 0.29) is 5.92 Å². The van der Waals surface area contributed by atoms with E-state index in [4.69, 9.17) is 23.2 Å². The van der Waals surface area contributed by atoms with E-state index in [1.165, 1.54) is 12.1 Å². The molecule has 0 saturated carbocycles. The number of aliphatic hydroxyl groups is 1. The van der Waals surface area contributed by atoms with Gasteiger partial charge in [-0.25, -0.2) is 0 Å². The molecule has 1 amide bonds. The summed E-state index contributed by atoms with van der Waals surface area (Å²) >= 11 is 11.7. The number of carbonyl (C=O) groups is 1. The zero-order chi connectivity index (χ0) is 16.1. The lowest BCUT2D eigenvalue weighted by atomic mass is 10.0. The Morgan fingerprint density at radius 2 is 1.77 bits per heavy atom. The van der Waals surface area contributed by atoms with E-state index >= 15 is 0 Å². The van der Waals surface area contributed by atoms with E-state index in [1.54, 1.807) is 18.5 Å². The number of rotatable bonds is 5. The van der Waals surface area contributed by atoms with Crippen molar-refractivity contribution >= 4 is 29.1 Å². The lowest BCUT2D eigenvalue weighted by molar-refractivity contribution is -0.129.